The lowest BCUT2D eigenvalue weighted by Crippen LogP contribution is -2.34. The molecule has 1 N–H and O–H groups in total. The molecule has 288 valence electrons. The van der Waals surface area contributed by atoms with Crippen LogP contribution in [0.3, 0.4) is 0 Å². The minimum atomic E-state index is -0.998. The van der Waals surface area contributed by atoms with Crippen LogP contribution in [0.25, 0.3) is 11.4 Å². The lowest BCUT2D eigenvalue weighted by atomic mass is 9.80. The number of carboxylic acids is 1. The van der Waals surface area contributed by atoms with E-state index in [2.05, 4.69) is 65.6 Å². The molecule has 7 nitrogen and oxygen atoms in total. The molecule has 0 aliphatic heterocycles. The molecule has 8 rings (SSSR count). The first-order valence-electron chi connectivity index (χ1n) is 19.3. The molecular formula is C51H44N2O5. The fraction of sp³-hybridized carbons (Fsp3) is 0.118. The molecule has 58 heavy (non-hydrogen) atoms. The van der Waals surface area contributed by atoms with Crippen LogP contribution in [-0.2, 0) is 38.5 Å². The SMILES string of the molecule is CCc1ccc(-c2noc(COC(c3ccccc3)(c3ccccc3)c3ccccc3)n2)cc1.O=C(O)COC(c1ccccc1)(c1ccccc1)c1ccccc1. The Morgan fingerprint density at radius 1 is 0.517 bits per heavy atom. The quantitative estimate of drug-likeness (QED) is 0.110. The van der Waals surface area contributed by atoms with Gasteiger partial charge in [-0.3, -0.25) is 0 Å². The van der Waals surface area contributed by atoms with Crippen molar-refractivity contribution >= 4 is 5.97 Å². The van der Waals surface area contributed by atoms with Crippen molar-refractivity contribution in [3.63, 3.8) is 0 Å². The monoisotopic (exact) mass is 764 g/mol. The molecular weight excluding hydrogens is 721 g/mol. The maximum atomic E-state index is 11.2. The van der Waals surface area contributed by atoms with E-state index in [1.54, 1.807) is 0 Å². The number of ether oxygens (including phenoxy) is 2. The number of rotatable bonds is 14. The topological polar surface area (TPSA) is 94.7 Å². The van der Waals surface area contributed by atoms with Crippen LogP contribution in [0.1, 0.15) is 51.8 Å². The molecule has 7 heteroatoms. The molecule has 0 amide bonds. The van der Waals surface area contributed by atoms with E-state index in [1.807, 2.05) is 158 Å². The van der Waals surface area contributed by atoms with Gasteiger partial charge in [-0.05, 0) is 45.4 Å². The molecule has 0 spiro atoms. The summed E-state index contributed by atoms with van der Waals surface area (Å²) >= 11 is 0. The third-order valence-corrected chi connectivity index (χ3v) is 9.99. The Balaban J connectivity index is 0.000000188. The normalized spacial score (nSPS) is 11.3. The summed E-state index contributed by atoms with van der Waals surface area (Å²) in [6.45, 7) is 1.91. The highest BCUT2D eigenvalue weighted by Crippen LogP contribution is 2.42. The summed E-state index contributed by atoms with van der Waals surface area (Å²) in [6.07, 6.45) is 0.992. The summed E-state index contributed by atoms with van der Waals surface area (Å²) < 4.78 is 18.4. The third-order valence-electron chi connectivity index (χ3n) is 9.99. The lowest BCUT2D eigenvalue weighted by Gasteiger charge is -2.35. The Bertz CT molecular complexity index is 2250. The first-order chi connectivity index (χ1) is 28.5. The zero-order chi connectivity index (χ0) is 40.0. The molecule has 0 aliphatic rings. The van der Waals surface area contributed by atoms with Gasteiger partial charge >= 0.3 is 5.97 Å². The smallest absolute Gasteiger partial charge is 0.329 e. The summed E-state index contributed by atoms with van der Waals surface area (Å²) in [5, 5.41) is 13.4. The molecule has 1 heterocycles. The molecule has 0 saturated carbocycles. The number of nitrogens with zero attached hydrogens (tertiary/aromatic N) is 2. The molecule has 0 atom stereocenters. The standard InChI is InChI=1S/C30H26N2O2.C21H18O3/c1-2-23-18-20-24(21-19-23)29-31-28(34-32-29)22-33-30(25-12-6-3-7-13-25,26-14-8-4-9-15-26)27-16-10-5-11-17-27;22-20(23)16-24-21(17-10-4-1-5-11-17,18-12-6-2-7-13-18)19-14-8-3-9-15-19/h3-21H,2,22H2,1H3;1-15H,16H2,(H,22,23). The van der Waals surface area contributed by atoms with E-state index in [4.69, 9.17) is 14.0 Å². The maximum absolute atomic E-state index is 11.2. The summed E-state index contributed by atoms with van der Waals surface area (Å²) in [4.78, 5) is 15.8. The number of benzene rings is 7. The van der Waals surface area contributed by atoms with Crippen molar-refractivity contribution in [2.75, 3.05) is 6.61 Å². The molecule has 8 aromatic rings. The highest BCUT2D eigenvalue weighted by Gasteiger charge is 2.39. The Hall–Kier alpha value is -6.93. The minimum absolute atomic E-state index is 0.165. The summed E-state index contributed by atoms with van der Waals surface area (Å²) in [5.74, 6) is -0.00473. The summed E-state index contributed by atoms with van der Waals surface area (Å²) in [7, 11) is 0. The van der Waals surface area contributed by atoms with E-state index in [-0.39, 0.29) is 6.61 Å². The number of carbonyl (C=O) groups is 1. The molecule has 0 saturated heterocycles. The van der Waals surface area contributed by atoms with E-state index in [0.717, 1.165) is 45.4 Å². The van der Waals surface area contributed by atoms with Crippen molar-refractivity contribution in [3.05, 3.63) is 251 Å². The minimum Gasteiger partial charge on any atom is -0.480 e. The second kappa shape index (κ2) is 18.8. The zero-order valence-electron chi connectivity index (χ0n) is 32.2. The van der Waals surface area contributed by atoms with Gasteiger partial charge in [-0.15, -0.1) is 0 Å². The van der Waals surface area contributed by atoms with Gasteiger partial charge in [-0.25, -0.2) is 4.79 Å². The lowest BCUT2D eigenvalue weighted by molar-refractivity contribution is -0.146. The van der Waals surface area contributed by atoms with E-state index in [1.165, 1.54) is 5.56 Å². The molecule has 1 aromatic heterocycles. The van der Waals surface area contributed by atoms with Gasteiger partial charge in [0, 0.05) is 5.56 Å². The summed E-state index contributed by atoms with van der Waals surface area (Å²) in [6, 6.07) is 68.1. The van der Waals surface area contributed by atoms with E-state index >= 15 is 0 Å². The van der Waals surface area contributed by atoms with Crippen LogP contribution in [0.5, 0.6) is 0 Å². The van der Waals surface area contributed by atoms with Gasteiger partial charge in [0.05, 0.1) is 0 Å². The highest BCUT2D eigenvalue weighted by atomic mass is 16.5. The Morgan fingerprint density at radius 3 is 1.19 bits per heavy atom. The largest absolute Gasteiger partial charge is 0.480 e. The highest BCUT2D eigenvalue weighted by molar-refractivity contribution is 5.68. The fourth-order valence-electron chi connectivity index (χ4n) is 7.20. The molecule has 0 radical (unpaired) electrons. The van der Waals surface area contributed by atoms with Crippen molar-refractivity contribution in [2.45, 2.75) is 31.2 Å². The molecule has 7 aromatic carbocycles. The average Bonchev–Trinajstić information content (AvgIpc) is 3.78. The van der Waals surface area contributed by atoms with Gasteiger partial charge in [-0.1, -0.05) is 218 Å². The molecule has 0 fully saturated rings. The maximum Gasteiger partial charge on any atom is 0.329 e. The first-order valence-corrected chi connectivity index (χ1v) is 19.3. The average molecular weight is 765 g/mol. The second-order valence-corrected chi connectivity index (χ2v) is 13.6. The van der Waals surface area contributed by atoms with E-state index < -0.39 is 23.8 Å². The molecule has 0 aliphatic carbocycles. The predicted octanol–water partition coefficient (Wildman–Crippen LogP) is 10.9. The third kappa shape index (κ3) is 8.71. The van der Waals surface area contributed by atoms with Crippen LogP contribution in [-0.4, -0.2) is 27.8 Å². The molecule has 0 bridgehead atoms. The number of aliphatic carboxylic acids is 1. The van der Waals surface area contributed by atoms with Gasteiger partial charge in [0.2, 0.25) is 5.82 Å². The van der Waals surface area contributed by atoms with Crippen LogP contribution >= 0.6 is 0 Å². The van der Waals surface area contributed by atoms with Crippen LogP contribution in [0.4, 0.5) is 0 Å². The van der Waals surface area contributed by atoms with Crippen LogP contribution in [0.15, 0.2) is 211 Å². The zero-order valence-corrected chi connectivity index (χ0v) is 32.2. The number of aromatic nitrogens is 2. The second-order valence-electron chi connectivity index (χ2n) is 13.6. The molecule has 0 unspecified atom stereocenters. The van der Waals surface area contributed by atoms with Crippen molar-refractivity contribution in [1.29, 1.82) is 0 Å². The van der Waals surface area contributed by atoms with Gasteiger partial charge in [-0.2, -0.15) is 4.98 Å². The van der Waals surface area contributed by atoms with Gasteiger partial charge in [0.15, 0.2) is 0 Å². The van der Waals surface area contributed by atoms with Crippen LogP contribution in [0, 0.1) is 0 Å². The number of hydrogen-bond acceptors (Lipinski definition) is 6. The van der Waals surface area contributed by atoms with Crippen molar-refractivity contribution in [3.8, 4) is 11.4 Å². The van der Waals surface area contributed by atoms with Crippen LogP contribution < -0.4 is 0 Å². The Kier molecular flexibility index (Phi) is 12.7. The van der Waals surface area contributed by atoms with Gasteiger partial charge in [0.25, 0.3) is 5.89 Å². The van der Waals surface area contributed by atoms with Crippen molar-refractivity contribution < 1.29 is 23.9 Å². The fourth-order valence-corrected chi connectivity index (χ4v) is 7.20. The van der Waals surface area contributed by atoms with Gasteiger partial charge < -0.3 is 19.1 Å². The van der Waals surface area contributed by atoms with Crippen molar-refractivity contribution in [2.24, 2.45) is 0 Å². The predicted molar refractivity (Wildman–Crippen MR) is 226 cm³/mol. The summed E-state index contributed by atoms with van der Waals surface area (Å²) in [5.41, 5.74) is 6.16. The number of hydrogen-bond donors (Lipinski definition) is 1. The van der Waals surface area contributed by atoms with Crippen LogP contribution in [0.2, 0.25) is 0 Å². The van der Waals surface area contributed by atoms with Gasteiger partial charge in [0.1, 0.15) is 24.4 Å². The van der Waals surface area contributed by atoms with Crippen molar-refractivity contribution in [1.82, 2.24) is 10.1 Å². The number of carboxylic acid groups (broad SMARTS) is 1. The Labute approximate surface area is 339 Å². The number of aryl methyl sites for hydroxylation is 1. The first kappa shape index (κ1) is 39.3. The van der Waals surface area contributed by atoms with E-state index in [9.17, 15) is 9.90 Å². The Morgan fingerprint density at radius 2 is 0.862 bits per heavy atom. The van der Waals surface area contributed by atoms with E-state index in [0.29, 0.717) is 11.7 Å².